The summed E-state index contributed by atoms with van der Waals surface area (Å²) in [7, 11) is 1.87. The molecule has 0 saturated heterocycles. The number of aryl methyl sites for hydroxylation is 1. The topological polar surface area (TPSA) is 30.7 Å². The maximum Gasteiger partial charge on any atom is 0.0830 e. The fraction of sp³-hybridized carbons (Fsp3) is 0.750. The molecule has 12 heavy (non-hydrogen) atoms. The number of nitrogens with zero attached hydrogens (tertiary/aromatic N) is 3. The minimum absolute atomic E-state index is 0.531. The van der Waals surface area contributed by atoms with Crippen LogP contribution in [0.1, 0.15) is 19.0 Å². The lowest BCUT2D eigenvalue weighted by Crippen LogP contribution is -2.04. The molecule has 0 N–H and O–H groups in total. The monoisotopic (exact) mass is 187 g/mol. The van der Waals surface area contributed by atoms with Gasteiger partial charge in [0.2, 0.25) is 0 Å². The van der Waals surface area contributed by atoms with E-state index in [1.54, 1.807) is 4.68 Å². The molecule has 0 saturated carbocycles. The predicted molar refractivity (Wildman–Crippen MR) is 49.2 cm³/mol. The predicted octanol–water partition coefficient (Wildman–Crippen LogP) is 1.62. The third-order valence-electron chi connectivity index (χ3n) is 1.94. The van der Waals surface area contributed by atoms with Gasteiger partial charge in [-0.25, -0.2) is 0 Å². The van der Waals surface area contributed by atoms with Crippen molar-refractivity contribution in [3.05, 3.63) is 11.9 Å². The first-order valence-electron chi connectivity index (χ1n) is 4.17. The van der Waals surface area contributed by atoms with Gasteiger partial charge in [-0.05, 0) is 12.3 Å². The number of hydrogen-bond acceptors (Lipinski definition) is 2. The third kappa shape index (κ3) is 2.48. The fourth-order valence-electron chi connectivity index (χ4n) is 1.09. The van der Waals surface area contributed by atoms with Crippen molar-refractivity contribution in [3.8, 4) is 0 Å². The zero-order chi connectivity index (χ0) is 8.97. The second-order valence-corrected chi connectivity index (χ2v) is 3.32. The van der Waals surface area contributed by atoms with Gasteiger partial charge in [0.15, 0.2) is 0 Å². The van der Waals surface area contributed by atoms with Crippen LogP contribution >= 0.6 is 11.6 Å². The molecule has 0 spiro atoms. The Morgan fingerprint density at radius 1 is 1.67 bits per heavy atom. The maximum atomic E-state index is 5.77. The van der Waals surface area contributed by atoms with Gasteiger partial charge in [-0.15, -0.1) is 16.7 Å². The van der Waals surface area contributed by atoms with Crippen molar-refractivity contribution in [2.45, 2.75) is 19.8 Å². The second kappa shape index (κ2) is 4.45. The molecule has 1 heterocycles. The van der Waals surface area contributed by atoms with Crippen LogP contribution in [-0.2, 0) is 13.5 Å². The molecule has 3 nitrogen and oxygen atoms in total. The van der Waals surface area contributed by atoms with Crippen molar-refractivity contribution >= 4 is 11.6 Å². The summed E-state index contributed by atoms with van der Waals surface area (Å²) in [6.07, 6.45) is 3.98. The summed E-state index contributed by atoms with van der Waals surface area (Å²) in [6, 6.07) is 0. The van der Waals surface area contributed by atoms with Crippen LogP contribution in [0.25, 0.3) is 0 Å². The van der Waals surface area contributed by atoms with E-state index in [-0.39, 0.29) is 0 Å². The number of aromatic nitrogens is 3. The fourth-order valence-corrected chi connectivity index (χ4v) is 1.42. The molecule has 0 radical (unpaired) electrons. The molecular weight excluding hydrogens is 174 g/mol. The molecule has 4 heteroatoms. The van der Waals surface area contributed by atoms with Gasteiger partial charge in [0.25, 0.3) is 0 Å². The van der Waals surface area contributed by atoms with E-state index in [0.717, 1.165) is 18.5 Å². The van der Waals surface area contributed by atoms with Crippen LogP contribution in [0.5, 0.6) is 0 Å². The van der Waals surface area contributed by atoms with Crippen LogP contribution < -0.4 is 0 Å². The van der Waals surface area contributed by atoms with Crippen LogP contribution in [0.4, 0.5) is 0 Å². The smallest absolute Gasteiger partial charge is 0.0830 e. The summed E-state index contributed by atoms with van der Waals surface area (Å²) in [5.74, 6) is 1.23. The minimum Gasteiger partial charge on any atom is -0.255 e. The molecular formula is C8H14ClN3. The van der Waals surface area contributed by atoms with E-state index < -0.39 is 0 Å². The van der Waals surface area contributed by atoms with Crippen LogP contribution in [-0.4, -0.2) is 20.9 Å². The summed E-state index contributed by atoms with van der Waals surface area (Å²) in [4.78, 5) is 0. The zero-order valence-corrected chi connectivity index (χ0v) is 8.25. The third-order valence-corrected chi connectivity index (χ3v) is 2.38. The van der Waals surface area contributed by atoms with Gasteiger partial charge in [-0.1, -0.05) is 18.6 Å². The first kappa shape index (κ1) is 9.52. The van der Waals surface area contributed by atoms with E-state index in [1.165, 1.54) is 0 Å². The average Bonchev–Trinajstić information content (AvgIpc) is 2.47. The van der Waals surface area contributed by atoms with Gasteiger partial charge in [0.1, 0.15) is 0 Å². The van der Waals surface area contributed by atoms with Crippen LogP contribution in [0, 0.1) is 5.92 Å². The lowest BCUT2D eigenvalue weighted by Gasteiger charge is -2.06. The highest BCUT2D eigenvalue weighted by Crippen LogP contribution is 2.10. The largest absolute Gasteiger partial charge is 0.255 e. The van der Waals surface area contributed by atoms with Crippen molar-refractivity contribution in [2.75, 3.05) is 5.88 Å². The van der Waals surface area contributed by atoms with Crippen LogP contribution in [0.3, 0.4) is 0 Å². The van der Waals surface area contributed by atoms with Crippen molar-refractivity contribution in [1.82, 2.24) is 15.0 Å². The Bertz CT molecular complexity index is 230. The normalized spacial score (nSPS) is 13.2. The molecule has 68 valence electrons. The first-order chi connectivity index (χ1) is 5.76. The Kier molecular flexibility index (Phi) is 3.53. The highest BCUT2D eigenvalue weighted by atomic mass is 35.5. The van der Waals surface area contributed by atoms with Crippen molar-refractivity contribution in [3.63, 3.8) is 0 Å². The van der Waals surface area contributed by atoms with E-state index in [0.29, 0.717) is 11.8 Å². The molecule has 0 bridgehead atoms. The summed E-state index contributed by atoms with van der Waals surface area (Å²) < 4.78 is 1.72. The van der Waals surface area contributed by atoms with E-state index >= 15 is 0 Å². The SMILES string of the molecule is CCC(CCl)Cc1cn(C)nn1. The molecule has 1 atom stereocenters. The van der Waals surface area contributed by atoms with Gasteiger partial charge in [-0.3, -0.25) is 4.68 Å². The molecule has 0 aliphatic carbocycles. The van der Waals surface area contributed by atoms with Gasteiger partial charge in [0, 0.05) is 19.1 Å². The van der Waals surface area contributed by atoms with Gasteiger partial charge < -0.3 is 0 Å². The summed E-state index contributed by atoms with van der Waals surface area (Å²) in [6.45, 7) is 2.14. The van der Waals surface area contributed by atoms with Gasteiger partial charge in [-0.2, -0.15) is 0 Å². The molecule has 0 aliphatic heterocycles. The molecule has 0 fully saturated rings. The number of halogens is 1. The molecule has 1 aromatic heterocycles. The Morgan fingerprint density at radius 3 is 2.83 bits per heavy atom. The van der Waals surface area contributed by atoms with E-state index in [4.69, 9.17) is 11.6 Å². The lowest BCUT2D eigenvalue weighted by atomic mass is 10.0. The average molecular weight is 188 g/mol. The standard InChI is InChI=1S/C8H14ClN3/c1-3-7(5-9)4-8-6-12(2)11-10-8/h6-7H,3-5H2,1-2H3. The van der Waals surface area contributed by atoms with Crippen LogP contribution in [0.2, 0.25) is 0 Å². The molecule has 0 aliphatic rings. The molecule has 1 aromatic rings. The maximum absolute atomic E-state index is 5.77. The Labute approximate surface area is 77.7 Å². The Hall–Kier alpha value is -0.570. The molecule has 1 unspecified atom stereocenters. The lowest BCUT2D eigenvalue weighted by molar-refractivity contribution is 0.558. The van der Waals surface area contributed by atoms with Crippen LogP contribution in [0.15, 0.2) is 6.20 Å². The minimum atomic E-state index is 0.531. The van der Waals surface area contributed by atoms with Crippen molar-refractivity contribution in [2.24, 2.45) is 13.0 Å². The molecule has 0 amide bonds. The van der Waals surface area contributed by atoms with E-state index in [1.807, 2.05) is 13.2 Å². The number of hydrogen-bond donors (Lipinski definition) is 0. The summed E-state index contributed by atoms with van der Waals surface area (Å²) >= 11 is 5.77. The van der Waals surface area contributed by atoms with Crippen molar-refractivity contribution in [1.29, 1.82) is 0 Å². The highest BCUT2D eigenvalue weighted by molar-refractivity contribution is 6.18. The number of rotatable bonds is 4. The molecule has 1 rings (SSSR count). The Morgan fingerprint density at radius 2 is 2.42 bits per heavy atom. The van der Waals surface area contributed by atoms with Gasteiger partial charge in [0.05, 0.1) is 5.69 Å². The van der Waals surface area contributed by atoms with Gasteiger partial charge >= 0.3 is 0 Å². The van der Waals surface area contributed by atoms with Crippen molar-refractivity contribution < 1.29 is 0 Å². The Balaban J connectivity index is 2.50. The van der Waals surface area contributed by atoms with E-state index in [9.17, 15) is 0 Å². The summed E-state index contributed by atoms with van der Waals surface area (Å²) in [5.41, 5.74) is 1.03. The number of alkyl halides is 1. The summed E-state index contributed by atoms with van der Waals surface area (Å²) in [5, 5.41) is 7.87. The molecule has 0 aromatic carbocycles. The first-order valence-corrected chi connectivity index (χ1v) is 4.70. The zero-order valence-electron chi connectivity index (χ0n) is 7.50. The highest BCUT2D eigenvalue weighted by Gasteiger charge is 2.07. The quantitative estimate of drug-likeness (QED) is 0.671. The van der Waals surface area contributed by atoms with E-state index in [2.05, 4.69) is 17.2 Å². The second-order valence-electron chi connectivity index (χ2n) is 3.02.